The number of ether oxygens (including phenoxy) is 3. The van der Waals surface area contributed by atoms with Crippen LogP contribution in [0.5, 0.6) is 17.2 Å². The van der Waals surface area contributed by atoms with Crippen LogP contribution in [0, 0.1) is 55.7 Å². The summed E-state index contributed by atoms with van der Waals surface area (Å²) >= 11 is 0. The first-order valence-electron chi connectivity index (χ1n) is 20.4. The molecule has 304 valence electrons. The van der Waals surface area contributed by atoms with Gasteiger partial charge in [0.15, 0.2) is 11.5 Å². The van der Waals surface area contributed by atoms with E-state index in [1.54, 1.807) is 12.1 Å². The molecule has 1 N–H and O–H groups in total. The summed E-state index contributed by atoms with van der Waals surface area (Å²) in [5, 5.41) is 25.6. The summed E-state index contributed by atoms with van der Waals surface area (Å²) in [6.45, 7) is 21.4. The standard InChI is InChI=1S/C43H69N3O8/c1-30(2)13-10-16-33(7)19-22-52-40-25-36(43(47)44-37-27-38(45(48)49)29-39(28-37)46(50)51)26-41(53-23-20-34(8)17-11-14-31(3)4)42(40)54-24-21-35(9)18-12-15-32(5)6/h25-35H,10-24H2,1-9H3,(H,44,47). The van der Waals surface area contributed by atoms with Gasteiger partial charge in [0.1, 0.15) is 0 Å². The molecule has 0 aromatic heterocycles. The lowest BCUT2D eigenvalue weighted by molar-refractivity contribution is -0.394. The molecule has 2 rings (SSSR count). The Balaban J connectivity index is 2.43. The number of nitro groups is 2. The highest BCUT2D eigenvalue weighted by Crippen LogP contribution is 2.40. The van der Waals surface area contributed by atoms with E-state index in [2.05, 4.69) is 67.6 Å². The Morgan fingerprint density at radius 1 is 0.556 bits per heavy atom. The molecule has 0 aliphatic rings. The van der Waals surface area contributed by atoms with E-state index in [4.69, 9.17) is 14.2 Å². The van der Waals surface area contributed by atoms with Crippen LogP contribution >= 0.6 is 0 Å². The van der Waals surface area contributed by atoms with Crippen LogP contribution in [-0.4, -0.2) is 35.6 Å². The minimum absolute atomic E-state index is 0.0666. The normalized spacial score (nSPS) is 13.2. The minimum atomic E-state index is -0.731. The van der Waals surface area contributed by atoms with Crippen molar-refractivity contribution in [1.82, 2.24) is 0 Å². The van der Waals surface area contributed by atoms with Crippen molar-refractivity contribution in [3.8, 4) is 17.2 Å². The van der Waals surface area contributed by atoms with Gasteiger partial charge < -0.3 is 19.5 Å². The highest BCUT2D eigenvalue weighted by Gasteiger charge is 2.23. The maximum absolute atomic E-state index is 13.8. The number of nitrogens with zero attached hydrogens (tertiary/aromatic N) is 2. The molecule has 2 aromatic carbocycles. The Morgan fingerprint density at radius 3 is 1.28 bits per heavy atom. The molecule has 0 aliphatic heterocycles. The molecule has 0 bridgehead atoms. The summed E-state index contributed by atoms with van der Waals surface area (Å²) in [6, 6.07) is 6.26. The van der Waals surface area contributed by atoms with Gasteiger partial charge in [-0.25, -0.2) is 0 Å². The SMILES string of the molecule is CC(C)CCCC(C)CCOc1cc(C(=O)Nc2cc([N+](=O)[O-])cc([N+](=O)[O-])c2)cc(OCCC(C)CCCC(C)C)c1OCCC(C)CCCC(C)C. The van der Waals surface area contributed by atoms with Crippen LogP contribution in [0.2, 0.25) is 0 Å². The number of carbonyl (C=O) groups is 1. The van der Waals surface area contributed by atoms with E-state index in [0.29, 0.717) is 72.6 Å². The van der Waals surface area contributed by atoms with E-state index in [9.17, 15) is 25.0 Å². The molecule has 3 unspecified atom stereocenters. The number of anilines is 1. The fourth-order valence-corrected chi connectivity index (χ4v) is 6.30. The monoisotopic (exact) mass is 756 g/mol. The van der Waals surface area contributed by atoms with Crippen LogP contribution in [0.15, 0.2) is 30.3 Å². The molecule has 11 heteroatoms. The molecular weight excluding hydrogens is 686 g/mol. The number of carbonyl (C=O) groups excluding carboxylic acids is 1. The summed E-state index contributed by atoms with van der Waals surface area (Å²) < 4.78 is 19.3. The number of non-ortho nitro benzene ring substituents is 2. The van der Waals surface area contributed by atoms with Crippen molar-refractivity contribution in [3.63, 3.8) is 0 Å². The first kappa shape index (κ1) is 46.3. The van der Waals surface area contributed by atoms with E-state index in [0.717, 1.165) is 69.6 Å². The first-order chi connectivity index (χ1) is 25.5. The predicted octanol–water partition coefficient (Wildman–Crippen LogP) is 12.4. The van der Waals surface area contributed by atoms with Crippen molar-refractivity contribution in [1.29, 1.82) is 0 Å². The van der Waals surface area contributed by atoms with Crippen LogP contribution < -0.4 is 19.5 Å². The Labute approximate surface area is 324 Å². The minimum Gasteiger partial charge on any atom is -0.490 e. The Kier molecular flexibility index (Phi) is 21.0. The maximum Gasteiger partial charge on any atom is 0.278 e. The van der Waals surface area contributed by atoms with E-state index in [1.807, 2.05) is 0 Å². The first-order valence-corrected chi connectivity index (χ1v) is 20.4. The van der Waals surface area contributed by atoms with Gasteiger partial charge in [-0.05, 0) is 66.9 Å². The highest BCUT2D eigenvalue weighted by atomic mass is 16.6. The van der Waals surface area contributed by atoms with Crippen LogP contribution in [0.25, 0.3) is 0 Å². The lowest BCUT2D eigenvalue weighted by atomic mass is 9.97. The molecular formula is C43H69N3O8. The second kappa shape index (κ2) is 24.5. The topological polar surface area (TPSA) is 143 Å². The summed E-state index contributed by atoms with van der Waals surface area (Å²) in [5.74, 6) is 3.97. The van der Waals surface area contributed by atoms with Crippen LogP contribution in [0.3, 0.4) is 0 Å². The van der Waals surface area contributed by atoms with Crippen molar-refractivity contribution in [2.75, 3.05) is 25.1 Å². The molecule has 0 saturated heterocycles. The number of nitro benzene ring substituents is 2. The number of hydrogen-bond donors (Lipinski definition) is 1. The Morgan fingerprint density at radius 2 is 0.926 bits per heavy atom. The van der Waals surface area contributed by atoms with Gasteiger partial charge >= 0.3 is 0 Å². The largest absolute Gasteiger partial charge is 0.490 e. The third kappa shape index (κ3) is 18.4. The number of rotatable bonds is 28. The average Bonchev–Trinajstić information content (AvgIpc) is 3.08. The summed E-state index contributed by atoms with van der Waals surface area (Å²) in [5.41, 5.74) is -0.888. The molecule has 54 heavy (non-hydrogen) atoms. The Bertz CT molecular complexity index is 1360. The molecule has 0 saturated carbocycles. The van der Waals surface area contributed by atoms with Gasteiger partial charge in [0.05, 0.1) is 41.4 Å². The number of nitrogens with one attached hydrogen (secondary N) is 1. The maximum atomic E-state index is 13.8. The summed E-state index contributed by atoms with van der Waals surface area (Å²) in [4.78, 5) is 35.3. The zero-order valence-electron chi connectivity index (χ0n) is 34.6. The number of amides is 1. The van der Waals surface area contributed by atoms with E-state index in [1.165, 1.54) is 25.7 Å². The van der Waals surface area contributed by atoms with Crippen molar-refractivity contribution >= 4 is 23.0 Å². The average molecular weight is 756 g/mol. The van der Waals surface area contributed by atoms with Gasteiger partial charge in [-0.15, -0.1) is 0 Å². The molecule has 0 fully saturated rings. The van der Waals surface area contributed by atoms with Gasteiger partial charge in [0.25, 0.3) is 17.3 Å². The molecule has 0 radical (unpaired) electrons. The summed E-state index contributed by atoms with van der Waals surface area (Å²) in [6.07, 6.45) is 12.8. The van der Waals surface area contributed by atoms with Crippen LogP contribution in [0.1, 0.15) is 150 Å². The van der Waals surface area contributed by atoms with Crippen LogP contribution in [0.4, 0.5) is 17.1 Å². The molecule has 0 aliphatic carbocycles. The number of benzene rings is 2. The lowest BCUT2D eigenvalue weighted by Crippen LogP contribution is -2.15. The van der Waals surface area contributed by atoms with Crippen molar-refractivity contribution < 1.29 is 28.9 Å². The number of hydrogen-bond acceptors (Lipinski definition) is 8. The third-order valence-electron chi connectivity index (χ3n) is 9.89. The quantitative estimate of drug-likeness (QED) is 0.0667. The van der Waals surface area contributed by atoms with Crippen LogP contribution in [-0.2, 0) is 0 Å². The van der Waals surface area contributed by atoms with Gasteiger partial charge in [-0.2, -0.15) is 0 Å². The fourth-order valence-electron chi connectivity index (χ4n) is 6.30. The highest BCUT2D eigenvalue weighted by molar-refractivity contribution is 6.05. The van der Waals surface area contributed by atoms with E-state index < -0.39 is 27.1 Å². The zero-order valence-corrected chi connectivity index (χ0v) is 34.6. The second-order valence-electron chi connectivity index (χ2n) is 16.7. The summed E-state index contributed by atoms with van der Waals surface area (Å²) in [7, 11) is 0. The van der Waals surface area contributed by atoms with E-state index in [-0.39, 0.29) is 11.3 Å². The fraction of sp³-hybridized carbons (Fsp3) is 0.698. The smallest absolute Gasteiger partial charge is 0.278 e. The van der Waals surface area contributed by atoms with Crippen molar-refractivity contribution in [3.05, 3.63) is 56.1 Å². The van der Waals surface area contributed by atoms with Gasteiger partial charge in [0, 0.05) is 17.7 Å². The van der Waals surface area contributed by atoms with E-state index >= 15 is 0 Å². The van der Waals surface area contributed by atoms with Gasteiger partial charge in [-0.3, -0.25) is 25.0 Å². The Hall–Kier alpha value is -3.89. The predicted molar refractivity (Wildman–Crippen MR) is 218 cm³/mol. The van der Waals surface area contributed by atoms with Gasteiger partial charge in [-0.1, -0.05) is 120 Å². The molecule has 3 atom stereocenters. The molecule has 11 nitrogen and oxygen atoms in total. The van der Waals surface area contributed by atoms with Crippen molar-refractivity contribution in [2.45, 2.75) is 139 Å². The second-order valence-corrected chi connectivity index (χ2v) is 16.7. The molecule has 0 heterocycles. The van der Waals surface area contributed by atoms with Crippen molar-refractivity contribution in [2.24, 2.45) is 35.5 Å². The molecule has 1 amide bonds. The molecule has 0 spiro atoms. The lowest BCUT2D eigenvalue weighted by Gasteiger charge is -2.21. The van der Waals surface area contributed by atoms with Gasteiger partial charge in [0.2, 0.25) is 5.75 Å². The molecule has 2 aromatic rings. The third-order valence-corrected chi connectivity index (χ3v) is 9.89. The zero-order chi connectivity index (χ0) is 40.2.